The molecular weight excluding hydrogens is 701 g/mol. The summed E-state index contributed by atoms with van der Waals surface area (Å²) in [6, 6.07) is 41.0. The van der Waals surface area contributed by atoms with E-state index in [2.05, 4.69) is 48.5 Å². The van der Waals surface area contributed by atoms with Gasteiger partial charge in [0.15, 0.2) is 0 Å². The fourth-order valence-electron chi connectivity index (χ4n) is 5.12. The first kappa shape index (κ1) is 30.1. The minimum absolute atomic E-state index is 0.0790. The van der Waals surface area contributed by atoms with Gasteiger partial charge in [-0.15, -0.1) is 0 Å². The third-order valence-electron chi connectivity index (χ3n) is 7.26. The van der Waals surface area contributed by atoms with Crippen LogP contribution < -0.4 is 0 Å². The fourth-order valence-corrected chi connectivity index (χ4v) is 6.92. The summed E-state index contributed by atoms with van der Waals surface area (Å²) in [5, 5.41) is 0. The molecule has 1 heterocycles. The fraction of sp³-hybridized carbons (Fsp3) is 0.314. The Balaban J connectivity index is 1.38. The van der Waals surface area contributed by atoms with Crippen LogP contribution in [0.25, 0.3) is 0 Å². The molecule has 1 saturated heterocycles. The van der Waals surface area contributed by atoms with Gasteiger partial charge in [0.25, 0.3) is 0 Å². The summed E-state index contributed by atoms with van der Waals surface area (Å²) in [6.07, 6.45) is -1.32. The second kappa shape index (κ2) is 16.3. The molecule has 0 unspecified atom stereocenters. The van der Waals surface area contributed by atoms with E-state index in [4.69, 9.17) is 23.7 Å². The zero-order valence-electron chi connectivity index (χ0n) is 23.4. The van der Waals surface area contributed by atoms with Gasteiger partial charge >= 0.3 is 261 Å². The first-order chi connectivity index (χ1) is 20.3. The monoisotopic (exact) mass is 739 g/mol. The van der Waals surface area contributed by atoms with E-state index in [1.807, 2.05) is 72.8 Å². The predicted molar refractivity (Wildman–Crippen MR) is 155 cm³/mol. The Bertz CT molecular complexity index is 1260. The van der Waals surface area contributed by atoms with Crippen LogP contribution in [0.3, 0.4) is 0 Å². The van der Waals surface area contributed by atoms with E-state index in [0.29, 0.717) is 59.2 Å². The summed E-state index contributed by atoms with van der Waals surface area (Å²) in [7, 11) is 0. The van der Waals surface area contributed by atoms with Crippen molar-refractivity contribution in [2.75, 3.05) is 6.61 Å². The van der Waals surface area contributed by atoms with E-state index in [0.717, 1.165) is 26.2 Å². The van der Waals surface area contributed by atoms with Crippen molar-refractivity contribution in [3.8, 4) is 0 Å². The Morgan fingerprint density at radius 2 is 0.829 bits per heavy atom. The van der Waals surface area contributed by atoms with Crippen LogP contribution in [0, 0.1) is 0 Å². The average Bonchev–Trinajstić information content (AvgIpc) is 3.04. The van der Waals surface area contributed by atoms with Gasteiger partial charge in [-0.2, -0.15) is 0 Å². The molecule has 4 aromatic rings. The van der Waals surface area contributed by atoms with Crippen molar-refractivity contribution in [1.29, 1.82) is 0 Å². The molecule has 0 N–H and O–H groups in total. The van der Waals surface area contributed by atoms with E-state index in [9.17, 15) is 0 Å². The van der Waals surface area contributed by atoms with Crippen LogP contribution in [0.1, 0.15) is 22.3 Å². The van der Waals surface area contributed by atoms with Gasteiger partial charge in [-0.25, -0.2) is 0 Å². The molecule has 41 heavy (non-hydrogen) atoms. The van der Waals surface area contributed by atoms with Crippen LogP contribution in [-0.2, 0) is 76.2 Å². The first-order valence-corrected chi connectivity index (χ1v) is 18.2. The summed E-state index contributed by atoms with van der Waals surface area (Å²) in [5.41, 5.74) is 4.48. The molecule has 5 rings (SSSR count). The standard InChI is InChI=1S/C35H37O5.Hg/c1-27-33(37-23-29-16-8-3-9-17-29)35(39-25-31-20-12-5-13-21-31)34(38-24-30-18-10-4-11-19-30)32(40-27)26-36-22-28-14-6-2-7-15-28;/h2-21,27,32-35H,1,22-26H2;/t27-,32-,33-,34-,35-;/m1./s1. The molecule has 0 saturated carbocycles. The van der Waals surface area contributed by atoms with Gasteiger partial charge in [-0.1, -0.05) is 0 Å². The summed E-state index contributed by atoms with van der Waals surface area (Å²) in [5.74, 6) is 0. The molecule has 1 aliphatic heterocycles. The molecule has 0 radical (unpaired) electrons. The molecule has 5 nitrogen and oxygen atoms in total. The normalized spacial score (nSPS) is 22.4. The third-order valence-corrected chi connectivity index (χ3v) is 9.48. The van der Waals surface area contributed by atoms with Crippen LogP contribution >= 0.6 is 0 Å². The van der Waals surface area contributed by atoms with Gasteiger partial charge in [-0.05, 0) is 0 Å². The Morgan fingerprint density at radius 3 is 1.24 bits per heavy atom. The Kier molecular flexibility index (Phi) is 12.0. The van der Waals surface area contributed by atoms with Gasteiger partial charge in [0, 0.05) is 0 Å². The Labute approximate surface area is 259 Å². The van der Waals surface area contributed by atoms with Gasteiger partial charge in [0.1, 0.15) is 0 Å². The number of hydrogen-bond acceptors (Lipinski definition) is 5. The summed E-state index contributed by atoms with van der Waals surface area (Å²) in [4.78, 5) is 0. The molecule has 0 aliphatic carbocycles. The van der Waals surface area contributed by atoms with Crippen LogP contribution in [-0.4, -0.2) is 37.1 Å². The van der Waals surface area contributed by atoms with E-state index >= 15 is 0 Å². The van der Waals surface area contributed by atoms with Crippen molar-refractivity contribution in [2.45, 2.75) is 60.9 Å². The predicted octanol–water partition coefficient (Wildman–Crippen LogP) is 6.69. The van der Waals surface area contributed by atoms with Crippen LogP contribution in [0.5, 0.6) is 0 Å². The van der Waals surface area contributed by atoms with Crippen LogP contribution in [0.2, 0.25) is 3.93 Å². The zero-order valence-corrected chi connectivity index (χ0v) is 28.9. The SMILES string of the molecule is [Hg][CH2][C@H]1O[C@H](COCc2ccccc2)[C@@H](OCc2ccccc2)[C@H](OCc2ccccc2)[C@@H]1OCc1ccccc1. The zero-order chi connectivity index (χ0) is 28.1. The summed E-state index contributed by atoms with van der Waals surface area (Å²) < 4.78 is 34.0. The van der Waals surface area contributed by atoms with Gasteiger partial charge < -0.3 is 0 Å². The molecule has 1 fully saturated rings. The summed E-state index contributed by atoms with van der Waals surface area (Å²) in [6.45, 7) is 2.35. The molecule has 0 spiro atoms. The second-order valence-corrected chi connectivity index (χ2v) is 12.5. The number of hydrogen-bond donors (Lipinski definition) is 0. The van der Waals surface area contributed by atoms with Gasteiger partial charge in [-0.3, -0.25) is 0 Å². The molecule has 4 aromatic carbocycles. The average molecular weight is 738 g/mol. The van der Waals surface area contributed by atoms with E-state index in [1.54, 1.807) is 0 Å². The van der Waals surface area contributed by atoms with Crippen LogP contribution in [0.4, 0.5) is 0 Å². The van der Waals surface area contributed by atoms with Crippen molar-refractivity contribution >= 4 is 0 Å². The molecule has 0 aromatic heterocycles. The van der Waals surface area contributed by atoms with Crippen LogP contribution in [0.15, 0.2) is 121 Å². The van der Waals surface area contributed by atoms with Crippen molar-refractivity contribution in [3.63, 3.8) is 0 Å². The first-order valence-electron chi connectivity index (χ1n) is 14.3. The molecule has 0 amide bonds. The number of rotatable bonds is 14. The maximum absolute atomic E-state index is 6.75. The topological polar surface area (TPSA) is 46.2 Å². The number of ether oxygens (including phenoxy) is 5. The Hall–Kier alpha value is -2.38. The Morgan fingerprint density at radius 1 is 0.463 bits per heavy atom. The molecule has 209 valence electrons. The van der Waals surface area contributed by atoms with E-state index < -0.39 is 0 Å². The van der Waals surface area contributed by atoms with E-state index in [-0.39, 0.29) is 30.5 Å². The van der Waals surface area contributed by atoms with Gasteiger partial charge in [0.2, 0.25) is 0 Å². The number of benzene rings is 4. The second-order valence-electron chi connectivity index (χ2n) is 10.3. The van der Waals surface area contributed by atoms with Crippen molar-refractivity contribution < 1.29 is 49.8 Å². The van der Waals surface area contributed by atoms with Gasteiger partial charge in [0.05, 0.1) is 0 Å². The molecule has 6 heteroatoms. The summed E-state index contributed by atoms with van der Waals surface area (Å²) >= 11 is 0.515. The minimum atomic E-state index is -0.369. The van der Waals surface area contributed by atoms with Crippen molar-refractivity contribution in [2.24, 2.45) is 0 Å². The maximum atomic E-state index is 6.75. The third kappa shape index (κ3) is 9.05. The quantitative estimate of drug-likeness (QED) is 0.135. The molecule has 0 bridgehead atoms. The molecule has 1 aliphatic rings. The van der Waals surface area contributed by atoms with E-state index in [1.165, 1.54) is 0 Å². The molecular formula is C35H37HgO5. The van der Waals surface area contributed by atoms with Crippen molar-refractivity contribution in [3.05, 3.63) is 144 Å². The molecule has 5 atom stereocenters. The van der Waals surface area contributed by atoms with Crippen molar-refractivity contribution in [1.82, 2.24) is 0 Å².